The van der Waals surface area contributed by atoms with Crippen LogP contribution in [0.15, 0.2) is 47.1 Å². The molecule has 4 aromatic rings. The summed E-state index contributed by atoms with van der Waals surface area (Å²) in [5, 5.41) is 11.2. The first-order valence-corrected chi connectivity index (χ1v) is 8.37. The lowest BCUT2D eigenvalue weighted by Crippen LogP contribution is -2.12. The maximum Gasteiger partial charge on any atom is 0.292 e. The van der Waals surface area contributed by atoms with Gasteiger partial charge in [-0.2, -0.15) is 5.10 Å². The number of rotatable bonds is 3. The highest BCUT2D eigenvalue weighted by molar-refractivity contribution is 6.32. The molecule has 0 fully saturated rings. The Morgan fingerprint density at radius 2 is 1.96 bits per heavy atom. The molecule has 0 unspecified atom stereocenters. The molecule has 0 saturated carbocycles. The Morgan fingerprint density at radius 3 is 2.73 bits per heavy atom. The van der Waals surface area contributed by atoms with E-state index in [1.165, 1.54) is 0 Å². The monoisotopic (exact) mass is 366 g/mol. The lowest BCUT2D eigenvalue weighted by molar-refractivity contribution is 0.0997. The van der Waals surface area contributed by atoms with Crippen LogP contribution in [0.2, 0.25) is 5.02 Å². The highest BCUT2D eigenvalue weighted by Gasteiger charge is 2.19. The van der Waals surface area contributed by atoms with E-state index in [4.69, 9.17) is 16.0 Å². The predicted octanol–water partition coefficient (Wildman–Crippen LogP) is 4.74. The molecule has 3 aromatic heterocycles. The molecule has 0 bridgehead atoms. The fourth-order valence-corrected chi connectivity index (χ4v) is 2.96. The number of carbonyl (C=O) groups is 1. The summed E-state index contributed by atoms with van der Waals surface area (Å²) < 4.78 is 5.74. The smallest absolute Gasteiger partial charge is 0.292 e. The Balaban J connectivity index is 1.62. The van der Waals surface area contributed by atoms with Crippen LogP contribution in [0.4, 0.5) is 5.82 Å². The van der Waals surface area contributed by atoms with E-state index in [0.717, 1.165) is 27.8 Å². The molecule has 1 amide bonds. The summed E-state index contributed by atoms with van der Waals surface area (Å²) in [6.45, 7) is 3.73. The van der Waals surface area contributed by atoms with Crippen LogP contribution >= 0.6 is 11.6 Å². The first kappa shape index (κ1) is 16.4. The predicted molar refractivity (Wildman–Crippen MR) is 100 cm³/mol. The maximum absolute atomic E-state index is 12.6. The minimum atomic E-state index is -0.361. The van der Waals surface area contributed by atoms with Crippen molar-refractivity contribution in [3.8, 4) is 11.3 Å². The molecule has 4 rings (SSSR count). The van der Waals surface area contributed by atoms with Gasteiger partial charge in [-0.25, -0.2) is 0 Å². The summed E-state index contributed by atoms with van der Waals surface area (Å²) in [4.78, 5) is 16.6. The number of aryl methyl sites for hydroxylation is 2. The number of aromatic amines is 1. The van der Waals surface area contributed by atoms with Crippen molar-refractivity contribution in [2.75, 3.05) is 5.32 Å². The molecule has 0 aliphatic heterocycles. The summed E-state index contributed by atoms with van der Waals surface area (Å²) in [7, 11) is 0. The first-order chi connectivity index (χ1) is 12.5. The van der Waals surface area contributed by atoms with E-state index in [-0.39, 0.29) is 11.7 Å². The van der Waals surface area contributed by atoms with Crippen LogP contribution in [0.3, 0.4) is 0 Å². The number of hydrogen-bond donors (Lipinski definition) is 2. The Hall–Kier alpha value is -3.12. The number of halogens is 1. The third-order valence-electron chi connectivity index (χ3n) is 4.23. The van der Waals surface area contributed by atoms with Crippen molar-refractivity contribution in [2.24, 2.45) is 0 Å². The molecular formula is C19H15ClN4O2. The van der Waals surface area contributed by atoms with E-state index in [1.54, 1.807) is 18.5 Å². The topological polar surface area (TPSA) is 83.8 Å². The number of H-pyrrole nitrogens is 1. The maximum atomic E-state index is 12.6. The van der Waals surface area contributed by atoms with Gasteiger partial charge < -0.3 is 9.73 Å². The van der Waals surface area contributed by atoms with E-state index in [0.29, 0.717) is 16.4 Å². The molecule has 0 radical (unpaired) electrons. The molecule has 26 heavy (non-hydrogen) atoms. The summed E-state index contributed by atoms with van der Waals surface area (Å²) in [6.07, 6.45) is 3.39. The van der Waals surface area contributed by atoms with Crippen molar-refractivity contribution in [2.45, 2.75) is 13.8 Å². The summed E-state index contributed by atoms with van der Waals surface area (Å²) in [6, 6.07) is 9.12. The Morgan fingerprint density at radius 1 is 1.19 bits per heavy atom. The zero-order valence-electron chi connectivity index (χ0n) is 14.1. The minimum Gasteiger partial charge on any atom is -0.451 e. The second kappa shape index (κ2) is 6.31. The normalized spacial score (nSPS) is 11.0. The summed E-state index contributed by atoms with van der Waals surface area (Å²) in [5.41, 5.74) is 3.98. The van der Waals surface area contributed by atoms with Crippen LogP contribution in [-0.2, 0) is 0 Å². The summed E-state index contributed by atoms with van der Waals surface area (Å²) in [5.74, 6) is 0.297. The zero-order valence-corrected chi connectivity index (χ0v) is 14.9. The van der Waals surface area contributed by atoms with Gasteiger partial charge in [-0.15, -0.1) is 0 Å². The van der Waals surface area contributed by atoms with Crippen molar-refractivity contribution in [1.29, 1.82) is 0 Å². The minimum absolute atomic E-state index is 0.245. The van der Waals surface area contributed by atoms with E-state index in [1.807, 2.05) is 38.1 Å². The molecule has 0 aliphatic rings. The van der Waals surface area contributed by atoms with Crippen molar-refractivity contribution in [3.63, 3.8) is 0 Å². The van der Waals surface area contributed by atoms with Gasteiger partial charge in [0.05, 0.1) is 5.69 Å². The number of benzene rings is 1. The van der Waals surface area contributed by atoms with E-state index in [2.05, 4.69) is 20.5 Å². The highest BCUT2D eigenvalue weighted by atomic mass is 35.5. The zero-order chi connectivity index (χ0) is 18.3. The Labute approximate surface area is 154 Å². The van der Waals surface area contributed by atoms with E-state index in [9.17, 15) is 4.79 Å². The van der Waals surface area contributed by atoms with Crippen molar-refractivity contribution in [1.82, 2.24) is 15.2 Å². The molecule has 0 spiro atoms. The van der Waals surface area contributed by atoms with Gasteiger partial charge in [0.15, 0.2) is 11.6 Å². The Bertz CT molecular complexity index is 1120. The molecule has 2 N–H and O–H groups in total. The number of anilines is 1. The van der Waals surface area contributed by atoms with Gasteiger partial charge in [-0.3, -0.25) is 14.9 Å². The highest BCUT2D eigenvalue weighted by Crippen LogP contribution is 2.30. The van der Waals surface area contributed by atoms with Gasteiger partial charge >= 0.3 is 0 Å². The van der Waals surface area contributed by atoms with E-state index >= 15 is 0 Å². The molecule has 3 heterocycles. The molecule has 0 atom stereocenters. The standard InChI is InChI=1S/C19H15ClN4O2/c1-10-7-16-13(8-14(10)20)11(2)18(26-16)19(25)22-17-9-15(23-24-17)12-3-5-21-6-4-12/h3-9H,1-2H3,(H2,22,23,24,25). The van der Waals surface area contributed by atoms with Crippen LogP contribution in [0.5, 0.6) is 0 Å². The van der Waals surface area contributed by atoms with Gasteiger partial charge in [-0.05, 0) is 43.7 Å². The van der Waals surface area contributed by atoms with Gasteiger partial charge in [0, 0.05) is 40.0 Å². The molecular weight excluding hydrogens is 352 g/mol. The van der Waals surface area contributed by atoms with Gasteiger partial charge in [0.2, 0.25) is 0 Å². The third kappa shape index (κ3) is 2.84. The molecule has 0 saturated heterocycles. The number of aromatic nitrogens is 3. The number of pyridine rings is 1. The van der Waals surface area contributed by atoms with Gasteiger partial charge in [-0.1, -0.05) is 11.6 Å². The van der Waals surface area contributed by atoms with Crippen molar-refractivity contribution >= 4 is 34.3 Å². The van der Waals surface area contributed by atoms with Crippen molar-refractivity contribution in [3.05, 3.63) is 64.6 Å². The fraction of sp³-hybridized carbons (Fsp3) is 0.105. The van der Waals surface area contributed by atoms with Crippen LogP contribution in [-0.4, -0.2) is 21.1 Å². The van der Waals surface area contributed by atoms with Gasteiger partial charge in [0.25, 0.3) is 5.91 Å². The first-order valence-electron chi connectivity index (χ1n) is 7.99. The number of fused-ring (bicyclic) bond motifs is 1. The quantitative estimate of drug-likeness (QED) is 0.548. The summed E-state index contributed by atoms with van der Waals surface area (Å²) >= 11 is 6.18. The molecule has 7 heteroatoms. The average Bonchev–Trinajstić information content (AvgIpc) is 3.22. The van der Waals surface area contributed by atoms with Crippen molar-refractivity contribution < 1.29 is 9.21 Å². The second-order valence-electron chi connectivity index (χ2n) is 6.01. The average molecular weight is 367 g/mol. The SMILES string of the molecule is Cc1cc2oc(C(=O)Nc3cc(-c4ccncc4)[nH]n3)c(C)c2cc1Cl. The van der Waals surface area contributed by atoms with Crippen LogP contribution in [0.1, 0.15) is 21.7 Å². The second-order valence-corrected chi connectivity index (χ2v) is 6.42. The number of nitrogens with zero attached hydrogens (tertiary/aromatic N) is 2. The van der Waals surface area contributed by atoms with Crippen LogP contribution < -0.4 is 5.32 Å². The Kier molecular flexibility index (Phi) is 3.97. The molecule has 0 aliphatic carbocycles. The van der Waals surface area contributed by atoms with E-state index < -0.39 is 0 Å². The molecule has 130 valence electrons. The number of amides is 1. The largest absolute Gasteiger partial charge is 0.451 e. The fourth-order valence-electron chi connectivity index (χ4n) is 2.80. The number of hydrogen-bond acceptors (Lipinski definition) is 4. The lowest BCUT2D eigenvalue weighted by atomic mass is 10.1. The molecule has 1 aromatic carbocycles. The number of furan rings is 1. The molecule has 6 nitrogen and oxygen atoms in total. The lowest BCUT2D eigenvalue weighted by Gasteiger charge is -1.99. The van der Waals surface area contributed by atoms with Crippen LogP contribution in [0.25, 0.3) is 22.2 Å². The van der Waals surface area contributed by atoms with Crippen LogP contribution in [0, 0.1) is 13.8 Å². The number of nitrogens with one attached hydrogen (secondary N) is 2. The third-order valence-corrected chi connectivity index (χ3v) is 4.64. The number of carbonyl (C=O) groups excluding carboxylic acids is 1. The van der Waals surface area contributed by atoms with Gasteiger partial charge in [0.1, 0.15) is 5.58 Å².